The van der Waals surface area contributed by atoms with Crippen LogP contribution < -0.4 is 5.32 Å². The average Bonchev–Trinajstić information content (AvgIpc) is 3.33. The number of anilines is 1. The number of carbonyl (C=O) groups excluding carboxylic acids is 1. The van der Waals surface area contributed by atoms with Crippen LogP contribution in [0.15, 0.2) is 54.6 Å². The van der Waals surface area contributed by atoms with Crippen molar-refractivity contribution in [1.29, 1.82) is 5.41 Å². The number of rotatable bonds is 6. The standard InChI is InChI=1S/C23H21ClFN5O/c24-20-19(21(26)16-9-6-10-17(25)13-16)23(27-14-18(31)30-11-4-5-12-30)29-28-22(20)15-7-2-1-3-8-15/h1-3,6-10,13,26H,4-5,11-12,14H2,(H,27,29). The van der Waals surface area contributed by atoms with E-state index in [1.54, 1.807) is 11.0 Å². The summed E-state index contributed by atoms with van der Waals surface area (Å²) in [4.78, 5) is 14.3. The number of carbonyl (C=O) groups is 1. The number of nitrogens with one attached hydrogen (secondary N) is 2. The molecule has 1 fully saturated rings. The molecular formula is C23H21ClFN5O. The maximum Gasteiger partial charge on any atom is 0.241 e. The molecule has 0 radical (unpaired) electrons. The third-order valence-corrected chi connectivity index (χ3v) is 5.56. The molecule has 0 atom stereocenters. The van der Waals surface area contributed by atoms with Crippen molar-refractivity contribution in [3.63, 3.8) is 0 Å². The van der Waals surface area contributed by atoms with Gasteiger partial charge in [0, 0.05) is 24.2 Å². The lowest BCUT2D eigenvalue weighted by Gasteiger charge is -2.18. The highest BCUT2D eigenvalue weighted by atomic mass is 35.5. The van der Waals surface area contributed by atoms with Crippen molar-refractivity contribution in [3.05, 3.63) is 76.6 Å². The van der Waals surface area contributed by atoms with Crippen LogP contribution in [0, 0.1) is 11.2 Å². The van der Waals surface area contributed by atoms with Crippen molar-refractivity contribution in [2.45, 2.75) is 12.8 Å². The van der Waals surface area contributed by atoms with E-state index >= 15 is 0 Å². The van der Waals surface area contributed by atoms with Crippen LogP contribution in [0.2, 0.25) is 5.02 Å². The summed E-state index contributed by atoms with van der Waals surface area (Å²) in [7, 11) is 0. The third-order valence-electron chi connectivity index (χ3n) is 5.19. The lowest BCUT2D eigenvalue weighted by atomic mass is 10.0. The zero-order valence-corrected chi connectivity index (χ0v) is 17.5. The molecule has 8 heteroatoms. The van der Waals surface area contributed by atoms with Crippen LogP contribution in [0.4, 0.5) is 10.2 Å². The first-order valence-corrected chi connectivity index (χ1v) is 10.4. The molecule has 1 aliphatic rings. The molecule has 0 unspecified atom stereocenters. The second kappa shape index (κ2) is 9.22. The molecule has 2 heterocycles. The van der Waals surface area contributed by atoms with Gasteiger partial charge in [-0.3, -0.25) is 10.2 Å². The second-order valence-electron chi connectivity index (χ2n) is 7.28. The van der Waals surface area contributed by atoms with E-state index in [-0.39, 0.29) is 34.6 Å². The second-order valence-corrected chi connectivity index (χ2v) is 7.66. The quantitative estimate of drug-likeness (QED) is 0.560. The van der Waals surface area contributed by atoms with Crippen LogP contribution in [0.1, 0.15) is 24.0 Å². The number of benzene rings is 2. The summed E-state index contributed by atoms with van der Waals surface area (Å²) in [6, 6.07) is 15.0. The van der Waals surface area contributed by atoms with Gasteiger partial charge in [0.15, 0.2) is 5.82 Å². The fraction of sp³-hybridized carbons (Fsp3) is 0.217. The zero-order valence-electron chi connectivity index (χ0n) is 16.7. The molecule has 0 spiro atoms. The Morgan fingerprint density at radius 3 is 2.55 bits per heavy atom. The maximum atomic E-state index is 13.8. The van der Waals surface area contributed by atoms with Crippen LogP contribution in [0.3, 0.4) is 0 Å². The third kappa shape index (κ3) is 4.56. The van der Waals surface area contributed by atoms with Crippen molar-refractivity contribution < 1.29 is 9.18 Å². The number of aromatic nitrogens is 2. The molecule has 2 N–H and O–H groups in total. The predicted octanol–water partition coefficient (Wildman–Crippen LogP) is 4.39. The minimum Gasteiger partial charge on any atom is -0.359 e. The predicted molar refractivity (Wildman–Crippen MR) is 119 cm³/mol. The van der Waals surface area contributed by atoms with E-state index in [1.165, 1.54) is 18.2 Å². The van der Waals surface area contributed by atoms with Crippen molar-refractivity contribution in [2.75, 3.05) is 25.0 Å². The fourth-order valence-corrected chi connectivity index (χ4v) is 3.91. The Kier molecular flexibility index (Phi) is 6.23. The van der Waals surface area contributed by atoms with Crippen LogP contribution in [0.5, 0.6) is 0 Å². The molecule has 2 aromatic carbocycles. The Labute approximate surface area is 184 Å². The summed E-state index contributed by atoms with van der Waals surface area (Å²) in [6.45, 7) is 1.50. The summed E-state index contributed by atoms with van der Waals surface area (Å²) in [5.74, 6) is -0.292. The summed E-state index contributed by atoms with van der Waals surface area (Å²) >= 11 is 6.70. The highest BCUT2D eigenvalue weighted by Gasteiger charge is 2.23. The number of hydrogen-bond donors (Lipinski definition) is 2. The molecule has 0 bridgehead atoms. The first kappa shape index (κ1) is 20.9. The van der Waals surface area contributed by atoms with Crippen molar-refractivity contribution >= 4 is 29.0 Å². The minimum atomic E-state index is -0.456. The topological polar surface area (TPSA) is 82.0 Å². The van der Waals surface area contributed by atoms with Gasteiger partial charge < -0.3 is 10.2 Å². The normalized spacial score (nSPS) is 13.3. The van der Waals surface area contributed by atoms with Crippen molar-refractivity contribution in [3.8, 4) is 11.3 Å². The van der Waals surface area contributed by atoms with E-state index in [4.69, 9.17) is 17.0 Å². The molecule has 31 heavy (non-hydrogen) atoms. The first-order chi connectivity index (χ1) is 15.0. The number of halogens is 2. The van der Waals surface area contributed by atoms with Crippen LogP contribution >= 0.6 is 11.6 Å². The van der Waals surface area contributed by atoms with Gasteiger partial charge in [-0.15, -0.1) is 10.2 Å². The number of nitrogens with zero attached hydrogens (tertiary/aromatic N) is 3. The van der Waals surface area contributed by atoms with Crippen LogP contribution in [-0.4, -0.2) is 46.4 Å². The lowest BCUT2D eigenvalue weighted by molar-refractivity contribution is -0.128. The van der Waals surface area contributed by atoms with E-state index in [9.17, 15) is 9.18 Å². The molecule has 0 aliphatic carbocycles. The highest BCUT2D eigenvalue weighted by molar-refractivity contribution is 6.38. The number of amides is 1. The number of likely N-dealkylation sites (tertiary alicyclic amines) is 1. The molecule has 1 aromatic heterocycles. The lowest BCUT2D eigenvalue weighted by Crippen LogP contribution is -2.33. The molecule has 1 amide bonds. The molecule has 1 saturated heterocycles. The summed E-state index contributed by atoms with van der Waals surface area (Å²) in [5.41, 5.74) is 1.77. The van der Waals surface area contributed by atoms with Gasteiger partial charge >= 0.3 is 0 Å². The monoisotopic (exact) mass is 437 g/mol. The smallest absolute Gasteiger partial charge is 0.241 e. The molecule has 6 nitrogen and oxygen atoms in total. The molecular weight excluding hydrogens is 417 g/mol. The Hall–Kier alpha value is -3.32. The van der Waals surface area contributed by atoms with Crippen molar-refractivity contribution in [2.24, 2.45) is 0 Å². The van der Waals surface area contributed by atoms with E-state index in [1.807, 2.05) is 30.3 Å². The Morgan fingerprint density at radius 1 is 1.10 bits per heavy atom. The van der Waals surface area contributed by atoms with Gasteiger partial charge in [0.05, 0.1) is 22.8 Å². The fourth-order valence-electron chi connectivity index (χ4n) is 3.57. The maximum absolute atomic E-state index is 13.8. The Balaban J connectivity index is 1.72. The SMILES string of the molecule is N=C(c1cccc(F)c1)c1c(NCC(=O)N2CCCC2)nnc(-c2ccccc2)c1Cl. The first-order valence-electron chi connectivity index (χ1n) is 10.0. The van der Waals surface area contributed by atoms with Crippen LogP contribution in [0.25, 0.3) is 11.3 Å². The molecule has 3 aromatic rings. The van der Waals surface area contributed by atoms with Gasteiger partial charge in [-0.2, -0.15) is 0 Å². The number of hydrogen-bond acceptors (Lipinski definition) is 5. The molecule has 1 aliphatic heterocycles. The minimum absolute atomic E-state index is 0.00676. The Morgan fingerprint density at radius 2 is 1.84 bits per heavy atom. The molecule has 158 valence electrons. The highest BCUT2D eigenvalue weighted by Crippen LogP contribution is 2.33. The van der Waals surface area contributed by atoms with Gasteiger partial charge in [-0.1, -0.05) is 54.1 Å². The summed E-state index contributed by atoms with van der Waals surface area (Å²) in [6.07, 6.45) is 2.00. The van der Waals surface area contributed by atoms with E-state index in [2.05, 4.69) is 15.5 Å². The van der Waals surface area contributed by atoms with Gasteiger partial charge in [-0.25, -0.2) is 4.39 Å². The molecule has 4 rings (SSSR count). The average molecular weight is 438 g/mol. The van der Waals surface area contributed by atoms with Crippen LogP contribution in [-0.2, 0) is 4.79 Å². The summed E-state index contributed by atoms with van der Waals surface area (Å²) < 4.78 is 13.8. The van der Waals surface area contributed by atoms with Crippen molar-refractivity contribution in [1.82, 2.24) is 15.1 Å². The van der Waals surface area contributed by atoms with E-state index in [0.717, 1.165) is 31.5 Å². The summed E-state index contributed by atoms with van der Waals surface area (Å²) in [5, 5.41) is 20.4. The van der Waals surface area contributed by atoms with E-state index < -0.39 is 5.82 Å². The largest absolute Gasteiger partial charge is 0.359 e. The van der Waals surface area contributed by atoms with Gasteiger partial charge in [0.2, 0.25) is 5.91 Å². The van der Waals surface area contributed by atoms with E-state index in [0.29, 0.717) is 11.3 Å². The van der Waals surface area contributed by atoms with Gasteiger partial charge in [-0.05, 0) is 25.0 Å². The van der Waals surface area contributed by atoms with Gasteiger partial charge in [0.25, 0.3) is 0 Å². The molecule has 0 saturated carbocycles. The van der Waals surface area contributed by atoms with Gasteiger partial charge in [0.1, 0.15) is 11.5 Å². The Bertz CT molecular complexity index is 1120. The zero-order chi connectivity index (χ0) is 21.8.